The highest BCUT2D eigenvalue weighted by atomic mass is 35.5. The van der Waals surface area contributed by atoms with Crippen LogP contribution in [0.4, 0.5) is 5.69 Å². The number of aryl methyl sites for hydroxylation is 2. The van der Waals surface area contributed by atoms with Crippen LogP contribution < -0.4 is 5.73 Å². The van der Waals surface area contributed by atoms with Gasteiger partial charge >= 0.3 is 0 Å². The Balaban J connectivity index is 2.34. The molecule has 0 radical (unpaired) electrons. The molecule has 88 valence electrons. The highest BCUT2D eigenvalue weighted by Crippen LogP contribution is 2.23. The first-order chi connectivity index (χ1) is 8.06. The lowest BCUT2D eigenvalue weighted by molar-refractivity contribution is 0.919. The second kappa shape index (κ2) is 4.72. The van der Waals surface area contributed by atoms with E-state index in [2.05, 4.69) is 9.97 Å². The van der Waals surface area contributed by atoms with Gasteiger partial charge < -0.3 is 5.73 Å². The van der Waals surface area contributed by atoms with E-state index in [0.717, 1.165) is 22.8 Å². The summed E-state index contributed by atoms with van der Waals surface area (Å²) in [5, 5.41) is 0.576. The van der Waals surface area contributed by atoms with Gasteiger partial charge in [0.15, 0.2) is 0 Å². The van der Waals surface area contributed by atoms with E-state index < -0.39 is 0 Å². The molecule has 0 amide bonds. The van der Waals surface area contributed by atoms with Gasteiger partial charge in [-0.1, -0.05) is 23.7 Å². The molecule has 0 fully saturated rings. The molecule has 0 aliphatic rings. The second-order valence-corrected chi connectivity index (χ2v) is 4.46. The Hall–Kier alpha value is -1.61. The normalized spacial score (nSPS) is 10.5. The molecule has 2 rings (SSSR count). The monoisotopic (exact) mass is 247 g/mol. The Labute approximate surface area is 106 Å². The van der Waals surface area contributed by atoms with E-state index in [1.165, 1.54) is 0 Å². The van der Waals surface area contributed by atoms with Crippen molar-refractivity contribution in [3.05, 3.63) is 52.1 Å². The molecule has 2 aromatic rings. The molecular weight excluding hydrogens is 234 g/mol. The zero-order valence-electron chi connectivity index (χ0n) is 9.87. The van der Waals surface area contributed by atoms with Crippen molar-refractivity contribution in [1.82, 2.24) is 9.97 Å². The number of hydrogen-bond donors (Lipinski definition) is 1. The maximum absolute atomic E-state index is 5.98. The van der Waals surface area contributed by atoms with E-state index in [1.54, 1.807) is 6.07 Å². The molecule has 0 aliphatic carbocycles. The van der Waals surface area contributed by atoms with Crippen molar-refractivity contribution in [2.24, 2.45) is 0 Å². The van der Waals surface area contributed by atoms with Crippen molar-refractivity contribution in [3.8, 4) is 0 Å². The minimum absolute atomic E-state index is 0.576. The molecule has 0 saturated carbocycles. The maximum atomic E-state index is 5.98. The third-order valence-electron chi connectivity index (χ3n) is 2.52. The number of halogens is 1. The maximum Gasteiger partial charge on any atom is 0.133 e. The van der Waals surface area contributed by atoms with E-state index in [0.29, 0.717) is 17.1 Å². The molecule has 3 nitrogen and oxygen atoms in total. The summed E-state index contributed by atoms with van der Waals surface area (Å²) in [5.74, 6) is 0.775. The predicted molar refractivity (Wildman–Crippen MR) is 70.2 cm³/mol. The summed E-state index contributed by atoms with van der Waals surface area (Å²) in [7, 11) is 0. The molecule has 1 aromatic heterocycles. The quantitative estimate of drug-likeness (QED) is 0.831. The molecule has 0 bridgehead atoms. The summed E-state index contributed by atoms with van der Waals surface area (Å²) in [5.41, 5.74) is 9.42. The van der Waals surface area contributed by atoms with Crippen molar-refractivity contribution >= 4 is 17.3 Å². The molecule has 17 heavy (non-hydrogen) atoms. The van der Waals surface area contributed by atoms with E-state index in [9.17, 15) is 0 Å². The molecule has 1 aromatic carbocycles. The molecule has 4 heteroatoms. The summed E-state index contributed by atoms with van der Waals surface area (Å²) in [6, 6.07) is 7.56. The average molecular weight is 248 g/mol. The number of nitrogens with two attached hydrogens (primary N) is 1. The highest BCUT2D eigenvalue weighted by Gasteiger charge is 2.06. The highest BCUT2D eigenvalue weighted by molar-refractivity contribution is 6.33. The molecule has 1 heterocycles. The Morgan fingerprint density at radius 2 is 1.82 bits per heavy atom. The minimum Gasteiger partial charge on any atom is -0.397 e. The Morgan fingerprint density at radius 1 is 1.18 bits per heavy atom. The van der Waals surface area contributed by atoms with Crippen LogP contribution in [0.2, 0.25) is 5.02 Å². The standard InChI is InChI=1S/C13H14ClN3/c1-8-6-9(2)17-12(16-8)7-10-4-3-5-11(14)13(10)15/h3-6H,7,15H2,1-2H3. The Morgan fingerprint density at radius 3 is 2.47 bits per heavy atom. The van der Waals surface area contributed by atoms with Crippen LogP contribution in [0.1, 0.15) is 22.8 Å². The molecule has 0 atom stereocenters. The lowest BCUT2D eigenvalue weighted by Gasteiger charge is -2.07. The van der Waals surface area contributed by atoms with Gasteiger partial charge in [0, 0.05) is 17.8 Å². The minimum atomic E-state index is 0.576. The summed E-state index contributed by atoms with van der Waals surface area (Å²) in [6.45, 7) is 3.92. The van der Waals surface area contributed by atoms with Gasteiger partial charge in [-0.25, -0.2) is 9.97 Å². The van der Waals surface area contributed by atoms with Crippen LogP contribution in [0.3, 0.4) is 0 Å². The summed E-state index contributed by atoms with van der Waals surface area (Å²) >= 11 is 5.98. The van der Waals surface area contributed by atoms with Crippen molar-refractivity contribution < 1.29 is 0 Å². The van der Waals surface area contributed by atoms with Gasteiger partial charge in [-0.05, 0) is 31.5 Å². The first-order valence-corrected chi connectivity index (χ1v) is 5.78. The van der Waals surface area contributed by atoms with Crippen LogP contribution in [0.5, 0.6) is 0 Å². The number of hydrogen-bond acceptors (Lipinski definition) is 3. The second-order valence-electron chi connectivity index (χ2n) is 4.06. The van der Waals surface area contributed by atoms with Gasteiger partial charge in [-0.15, -0.1) is 0 Å². The van der Waals surface area contributed by atoms with Gasteiger partial charge in [0.05, 0.1) is 10.7 Å². The third-order valence-corrected chi connectivity index (χ3v) is 2.85. The van der Waals surface area contributed by atoms with E-state index in [4.69, 9.17) is 17.3 Å². The lowest BCUT2D eigenvalue weighted by atomic mass is 10.1. The number of para-hydroxylation sites is 1. The third kappa shape index (κ3) is 2.74. The Bertz CT molecular complexity index is 532. The topological polar surface area (TPSA) is 51.8 Å². The fraction of sp³-hybridized carbons (Fsp3) is 0.231. The lowest BCUT2D eigenvalue weighted by Crippen LogP contribution is -2.02. The van der Waals surface area contributed by atoms with Crippen molar-refractivity contribution in [1.29, 1.82) is 0 Å². The Kier molecular flexibility index (Phi) is 3.29. The molecule has 0 unspecified atom stereocenters. The predicted octanol–water partition coefficient (Wildman–Crippen LogP) is 2.92. The van der Waals surface area contributed by atoms with Gasteiger partial charge in [0.1, 0.15) is 5.82 Å². The fourth-order valence-electron chi connectivity index (χ4n) is 1.78. The van der Waals surface area contributed by atoms with Gasteiger partial charge in [0.25, 0.3) is 0 Å². The zero-order chi connectivity index (χ0) is 12.4. The molecule has 0 saturated heterocycles. The van der Waals surface area contributed by atoms with Crippen molar-refractivity contribution in [2.45, 2.75) is 20.3 Å². The number of nitrogen functional groups attached to an aromatic ring is 1. The van der Waals surface area contributed by atoms with E-state index in [-0.39, 0.29) is 0 Å². The van der Waals surface area contributed by atoms with Crippen LogP contribution in [-0.4, -0.2) is 9.97 Å². The number of benzene rings is 1. The number of nitrogens with zero attached hydrogens (tertiary/aromatic N) is 2. The van der Waals surface area contributed by atoms with Gasteiger partial charge in [-0.3, -0.25) is 0 Å². The smallest absolute Gasteiger partial charge is 0.133 e. The molecule has 0 aliphatic heterocycles. The average Bonchev–Trinajstić information content (AvgIpc) is 2.23. The summed E-state index contributed by atoms with van der Waals surface area (Å²) < 4.78 is 0. The van der Waals surface area contributed by atoms with E-state index >= 15 is 0 Å². The first kappa shape index (κ1) is 11.9. The zero-order valence-corrected chi connectivity index (χ0v) is 10.6. The SMILES string of the molecule is Cc1cc(C)nc(Cc2cccc(Cl)c2N)n1. The molecule has 2 N–H and O–H groups in total. The summed E-state index contributed by atoms with van der Waals surface area (Å²) in [6.07, 6.45) is 0.606. The van der Waals surface area contributed by atoms with Crippen LogP contribution >= 0.6 is 11.6 Å². The van der Waals surface area contributed by atoms with Crippen molar-refractivity contribution in [3.63, 3.8) is 0 Å². The first-order valence-electron chi connectivity index (χ1n) is 5.40. The molecular formula is C13H14ClN3. The van der Waals surface area contributed by atoms with Gasteiger partial charge in [0.2, 0.25) is 0 Å². The van der Waals surface area contributed by atoms with Crippen LogP contribution in [0.25, 0.3) is 0 Å². The van der Waals surface area contributed by atoms with Gasteiger partial charge in [-0.2, -0.15) is 0 Å². The fourth-order valence-corrected chi connectivity index (χ4v) is 1.98. The largest absolute Gasteiger partial charge is 0.397 e. The van der Waals surface area contributed by atoms with Crippen LogP contribution in [0, 0.1) is 13.8 Å². The van der Waals surface area contributed by atoms with Crippen molar-refractivity contribution in [2.75, 3.05) is 5.73 Å². The number of rotatable bonds is 2. The van der Waals surface area contributed by atoms with Crippen LogP contribution in [-0.2, 0) is 6.42 Å². The van der Waals surface area contributed by atoms with E-state index in [1.807, 2.05) is 32.0 Å². The van der Waals surface area contributed by atoms with Crippen LogP contribution in [0.15, 0.2) is 24.3 Å². The number of anilines is 1. The number of aromatic nitrogens is 2. The molecule has 0 spiro atoms. The summed E-state index contributed by atoms with van der Waals surface area (Å²) in [4.78, 5) is 8.78.